The Morgan fingerprint density at radius 2 is 1.92 bits per heavy atom. The lowest BCUT2D eigenvalue weighted by Crippen LogP contribution is -2.46. The number of carbonyl (C=O) groups is 2. The number of benzene rings is 1. The number of esters is 1. The lowest BCUT2D eigenvalue weighted by Gasteiger charge is -2.27. The first-order chi connectivity index (χ1) is 11.7. The Bertz CT molecular complexity index is 843. The Morgan fingerprint density at radius 1 is 1.28 bits per heavy atom. The molecular weight excluding hydrogens is 435 g/mol. The molecular formula is C19H18IO5+. The molecule has 1 unspecified atom stereocenters. The van der Waals surface area contributed by atoms with E-state index in [-0.39, 0.29) is 5.78 Å². The van der Waals surface area contributed by atoms with Crippen molar-refractivity contribution in [1.82, 2.24) is 0 Å². The van der Waals surface area contributed by atoms with Crippen LogP contribution in [0, 0.1) is 5.92 Å². The van der Waals surface area contributed by atoms with E-state index in [1.165, 1.54) is 6.92 Å². The maximum absolute atomic E-state index is 12.7. The lowest BCUT2D eigenvalue weighted by molar-refractivity contribution is -0.605. The summed E-state index contributed by atoms with van der Waals surface area (Å²) in [6.07, 6.45) is 1.77. The molecule has 1 aromatic rings. The molecule has 0 bridgehead atoms. The Hall–Kier alpha value is -1.96. The average molecular weight is 453 g/mol. The molecule has 25 heavy (non-hydrogen) atoms. The van der Waals surface area contributed by atoms with Gasteiger partial charge in [0.25, 0.3) is 0 Å². The minimum absolute atomic E-state index is 0.145. The first-order valence-corrected chi connectivity index (χ1v) is 8.87. The Morgan fingerprint density at radius 3 is 2.48 bits per heavy atom. The molecule has 6 heteroatoms. The Labute approximate surface area is 159 Å². The molecule has 1 aliphatic heterocycles. The zero-order valence-corrected chi connectivity index (χ0v) is 16.5. The van der Waals surface area contributed by atoms with Crippen LogP contribution in [0.4, 0.5) is 0 Å². The molecule has 2 aliphatic rings. The molecule has 0 saturated carbocycles. The summed E-state index contributed by atoms with van der Waals surface area (Å²) in [5.41, 5.74) is 2.03. The van der Waals surface area contributed by atoms with E-state index in [4.69, 9.17) is 13.9 Å². The van der Waals surface area contributed by atoms with Gasteiger partial charge in [0.15, 0.2) is 11.7 Å². The van der Waals surface area contributed by atoms with Crippen LogP contribution in [0.15, 0.2) is 39.5 Å². The molecule has 0 aromatic heterocycles. The fourth-order valence-electron chi connectivity index (χ4n) is 2.98. The van der Waals surface area contributed by atoms with Crippen molar-refractivity contribution in [3.05, 3.63) is 45.1 Å². The minimum atomic E-state index is -1.11. The van der Waals surface area contributed by atoms with E-state index in [0.29, 0.717) is 11.4 Å². The Kier molecular flexibility index (Phi) is 4.57. The van der Waals surface area contributed by atoms with E-state index in [1.54, 1.807) is 27.0 Å². The lowest BCUT2D eigenvalue weighted by atomic mass is 9.80. The normalized spacial score (nSPS) is 21.8. The van der Waals surface area contributed by atoms with Gasteiger partial charge in [-0.1, -0.05) is 12.1 Å². The number of hydrogen-bond donors (Lipinski definition) is 0. The molecule has 0 fully saturated rings. The molecule has 1 heterocycles. The average Bonchev–Trinajstić information content (AvgIpc) is 2.54. The van der Waals surface area contributed by atoms with Crippen LogP contribution in [0.1, 0.15) is 26.3 Å². The van der Waals surface area contributed by atoms with Gasteiger partial charge in [-0.15, -0.1) is 0 Å². The van der Waals surface area contributed by atoms with Crippen LogP contribution in [-0.2, 0) is 18.8 Å². The zero-order chi connectivity index (χ0) is 18.4. The second-order valence-electron chi connectivity index (χ2n) is 6.32. The number of cyclic esters (lactones) is 1. The van der Waals surface area contributed by atoms with Gasteiger partial charge >= 0.3 is 17.5 Å². The number of allylic oxidation sites excluding steroid dienone is 3. The van der Waals surface area contributed by atoms with Crippen molar-refractivity contribution >= 4 is 45.7 Å². The third kappa shape index (κ3) is 3.27. The minimum Gasteiger partial charge on any atom is -0.497 e. The molecule has 130 valence electrons. The van der Waals surface area contributed by atoms with E-state index in [9.17, 15) is 9.59 Å². The van der Waals surface area contributed by atoms with E-state index in [2.05, 4.69) is 22.6 Å². The highest BCUT2D eigenvalue weighted by atomic mass is 127. The van der Waals surface area contributed by atoms with Crippen molar-refractivity contribution in [1.29, 1.82) is 0 Å². The van der Waals surface area contributed by atoms with Crippen LogP contribution in [0.3, 0.4) is 0 Å². The summed E-state index contributed by atoms with van der Waals surface area (Å²) in [7, 11) is 1.60. The predicted octanol–water partition coefficient (Wildman–Crippen LogP) is 3.38. The molecule has 0 N–H and O–H groups in total. The SMILES string of the molecule is COc1ccc(C2=C(I)C=C(C(C)=O)C3=[O+]C(C)(C)OC(=O)C32)cc1. The maximum Gasteiger partial charge on any atom is 0.425 e. The van der Waals surface area contributed by atoms with Gasteiger partial charge in [0.05, 0.1) is 21.0 Å². The molecule has 1 atom stereocenters. The van der Waals surface area contributed by atoms with Gasteiger partial charge in [-0.3, -0.25) is 9.59 Å². The summed E-state index contributed by atoms with van der Waals surface area (Å²) >= 11 is 2.14. The standard InChI is InChI=1S/C19H18IO5/c1-10(21)13-9-14(20)15(11-5-7-12(23-4)8-6-11)16-17(13)24-19(2,3)25-18(16)22/h5-9,16H,1-4H3/q+1. The van der Waals surface area contributed by atoms with Crippen molar-refractivity contribution in [3.8, 4) is 5.75 Å². The summed E-state index contributed by atoms with van der Waals surface area (Å²) in [5, 5.41) is 0. The van der Waals surface area contributed by atoms with Crippen LogP contribution < -0.4 is 4.74 Å². The third-order valence-corrected chi connectivity index (χ3v) is 4.96. The molecule has 0 saturated heterocycles. The largest absolute Gasteiger partial charge is 0.497 e. The number of methoxy groups -OCH3 is 1. The van der Waals surface area contributed by atoms with Crippen molar-refractivity contribution in [3.63, 3.8) is 0 Å². The highest BCUT2D eigenvalue weighted by molar-refractivity contribution is 14.1. The second-order valence-corrected chi connectivity index (χ2v) is 7.49. The van der Waals surface area contributed by atoms with E-state index in [1.807, 2.05) is 24.3 Å². The van der Waals surface area contributed by atoms with E-state index in [0.717, 1.165) is 20.5 Å². The molecule has 0 radical (unpaired) electrons. The second kappa shape index (κ2) is 6.40. The summed E-state index contributed by atoms with van der Waals surface area (Å²) in [4.78, 5) is 24.8. The summed E-state index contributed by atoms with van der Waals surface area (Å²) in [6, 6.07) is 7.42. The predicted molar refractivity (Wildman–Crippen MR) is 101 cm³/mol. The van der Waals surface area contributed by atoms with Crippen LogP contribution >= 0.6 is 22.6 Å². The van der Waals surface area contributed by atoms with Gasteiger partial charge in [-0.25, -0.2) is 4.42 Å². The topological polar surface area (TPSA) is 63.9 Å². The quantitative estimate of drug-likeness (QED) is 0.232. The number of fused-ring (bicyclic) bond motifs is 1. The maximum atomic E-state index is 12.7. The van der Waals surface area contributed by atoms with Gasteiger partial charge in [0, 0.05) is 9.15 Å². The summed E-state index contributed by atoms with van der Waals surface area (Å²) in [5.74, 6) is -1.34. The summed E-state index contributed by atoms with van der Waals surface area (Å²) < 4.78 is 17.3. The summed E-state index contributed by atoms with van der Waals surface area (Å²) in [6.45, 7) is 4.78. The van der Waals surface area contributed by atoms with Gasteiger partial charge < -0.3 is 9.47 Å². The van der Waals surface area contributed by atoms with Crippen LogP contribution in [-0.4, -0.2) is 30.4 Å². The number of hydrogen-bond acceptors (Lipinski definition) is 4. The van der Waals surface area contributed by atoms with Crippen LogP contribution in [0.5, 0.6) is 5.75 Å². The van der Waals surface area contributed by atoms with Crippen molar-refractivity contribution in [2.75, 3.05) is 7.11 Å². The first kappa shape index (κ1) is 17.8. The first-order valence-electron chi connectivity index (χ1n) is 7.79. The highest BCUT2D eigenvalue weighted by Gasteiger charge is 2.54. The molecule has 0 amide bonds. The monoisotopic (exact) mass is 453 g/mol. The number of Topliss-reactive ketones (excluding diaryl/α,β-unsaturated/α-hetero) is 1. The van der Waals surface area contributed by atoms with Crippen molar-refractivity contribution < 1.29 is 23.5 Å². The van der Waals surface area contributed by atoms with Crippen molar-refractivity contribution in [2.45, 2.75) is 26.6 Å². The van der Waals surface area contributed by atoms with Crippen molar-refractivity contribution in [2.24, 2.45) is 5.92 Å². The fourth-order valence-corrected chi connectivity index (χ4v) is 3.91. The smallest absolute Gasteiger partial charge is 0.425 e. The van der Waals surface area contributed by atoms with E-state index < -0.39 is 17.7 Å². The number of ketones is 2. The number of carbonyl (C=O) groups excluding carboxylic acids is 3. The zero-order valence-electron chi connectivity index (χ0n) is 14.4. The van der Waals surface area contributed by atoms with Gasteiger partial charge in [0.2, 0.25) is 0 Å². The highest BCUT2D eigenvalue weighted by Crippen LogP contribution is 2.41. The number of halogens is 1. The molecule has 0 spiro atoms. The van der Waals surface area contributed by atoms with E-state index >= 15 is 0 Å². The van der Waals surface area contributed by atoms with Gasteiger partial charge in [0.1, 0.15) is 11.3 Å². The fraction of sp³-hybridized carbons (Fsp3) is 0.316. The molecule has 1 aromatic carbocycles. The van der Waals surface area contributed by atoms with Gasteiger partial charge in [-0.05, 0) is 53.3 Å². The van der Waals surface area contributed by atoms with Gasteiger partial charge in [-0.2, -0.15) is 0 Å². The Balaban J connectivity index is 2.21. The number of ether oxygens (including phenoxy) is 2. The number of rotatable bonds is 3. The molecule has 5 nitrogen and oxygen atoms in total. The van der Waals surface area contributed by atoms with Crippen LogP contribution in [0.25, 0.3) is 5.57 Å². The van der Waals surface area contributed by atoms with Crippen LogP contribution in [0.2, 0.25) is 0 Å². The molecule has 3 rings (SSSR count). The third-order valence-electron chi connectivity index (χ3n) is 4.06. The molecule has 1 aliphatic carbocycles.